The van der Waals surface area contributed by atoms with E-state index in [-0.39, 0.29) is 54.1 Å². The third-order valence-electron chi connectivity index (χ3n) is 12.5. The Morgan fingerprint density at radius 1 is 0.932 bits per heavy atom. The van der Waals surface area contributed by atoms with Crippen LogP contribution in [0.5, 0.6) is 5.75 Å². The van der Waals surface area contributed by atoms with Gasteiger partial charge in [0.25, 0.3) is 17.7 Å². The summed E-state index contributed by atoms with van der Waals surface area (Å²) >= 11 is 6.22. The van der Waals surface area contributed by atoms with Gasteiger partial charge < -0.3 is 19.9 Å². The number of carbonyl (C=O) groups excluding carboxylic acids is 6. The van der Waals surface area contributed by atoms with Crippen LogP contribution in [-0.4, -0.2) is 101 Å². The number of imide groups is 2. The van der Waals surface area contributed by atoms with E-state index in [2.05, 4.69) is 10.6 Å². The quantitative estimate of drug-likeness (QED) is 0.316. The maximum absolute atomic E-state index is 15.6. The maximum Gasteiger partial charge on any atom is 0.262 e. The first-order valence-corrected chi connectivity index (χ1v) is 19.9. The van der Waals surface area contributed by atoms with Crippen LogP contribution in [0.2, 0.25) is 5.02 Å². The lowest BCUT2D eigenvalue weighted by Crippen LogP contribution is -2.74. The molecule has 2 N–H and O–H groups in total. The molecule has 0 aromatic heterocycles. The van der Waals surface area contributed by atoms with E-state index in [1.54, 1.807) is 47.4 Å². The maximum atomic E-state index is 15.6. The smallest absolute Gasteiger partial charge is 0.262 e. The van der Waals surface area contributed by atoms with Crippen molar-refractivity contribution in [1.29, 1.82) is 5.26 Å². The molecule has 5 aliphatic rings. The van der Waals surface area contributed by atoms with Crippen LogP contribution in [0.4, 0.5) is 10.1 Å². The number of benzene rings is 3. The zero-order chi connectivity index (χ0) is 42.1. The SMILES string of the molecule is CC1(C)[C@H](NC(=O)c2ccc(N3CCN(C(=O)CN4Cc5cc6c(cc5C4)C(=O)N(C4CCC(=O)NC4=O)C6=O)CC3)c(F)c2)C(C)(C)[C@H]1Oc1ccc(C#N)c(Cl)c1. The van der Waals surface area contributed by atoms with Gasteiger partial charge in [-0.1, -0.05) is 39.3 Å². The molecule has 3 fully saturated rings. The fraction of sp³-hybridized carbons (Fsp3) is 0.419. The minimum Gasteiger partial charge on any atom is -0.489 e. The lowest BCUT2D eigenvalue weighted by atomic mass is 9.49. The van der Waals surface area contributed by atoms with Gasteiger partial charge in [-0.15, -0.1) is 0 Å². The number of hydrogen-bond donors (Lipinski definition) is 2. The van der Waals surface area contributed by atoms with Crippen molar-refractivity contribution >= 4 is 52.7 Å². The van der Waals surface area contributed by atoms with Crippen molar-refractivity contribution in [3.05, 3.63) is 92.8 Å². The number of nitrogens with one attached hydrogen (secondary N) is 2. The number of carbonyl (C=O) groups is 6. The molecule has 4 heterocycles. The number of piperazine rings is 1. The molecule has 4 aliphatic heterocycles. The number of amides is 6. The van der Waals surface area contributed by atoms with E-state index in [1.807, 2.05) is 43.6 Å². The van der Waals surface area contributed by atoms with Crippen molar-refractivity contribution in [2.45, 2.75) is 71.8 Å². The average molecular weight is 824 g/mol. The Morgan fingerprint density at radius 2 is 1.58 bits per heavy atom. The fourth-order valence-electron chi connectivity index (χ4n) is 9.75. The van der Waals surface area contributed by atoms with Crippen LogP contribution in [0.25, 0.3) is 0 Å². The minimum absolute atomic E-state index is 0.0424. The Kier molecular flexibility index (Phi) is 9.99. The zero-order valence-electron chi connectivity index (χ0n) is 33.1. The second-order valence-electron chi connectivity index (χ2n) is 17.1. The number of anilines is 1. The van der Waals surface area contributed by atoms with Gasteiger partial charge in [0.2, 0.25) is 17.7 Å². The molecule has 3 aromatic carbocycles. The summed E-state index contributed by atoms with van der Waals surface area (Å²) in [6.07, 6.45) is -0.167. The molecule has 1 aliphatic carbocycles. The van der Waals surface area contributed by atoms with Crippen molar-refractivity contribution in [3.8, 4) is 11.8 Å². The van der Waals surface area contributed by atoms with Crippen molar-refractivity contribution in [1.82, 2.24) is 25.3 Å². The molecule has 14 nitrogen and oxygen atoms in total. The highest BCUT2D eigenvalue weighted by Gasteiger charge is 2.64. The first-order chi connectivity index (χ1) is 28.0. The lowest BCUT2D eigenvalue weighted by Gasteiger charge is -2.63. The van der Waals surface area contributed by atoms with Gasteiger partial charge in [-0.05, 0) is 60.0 Å². The Hall–Kier alpha value is -5.85. The van der Waals surface area contributed by atoms with Crippen LogP contribution in [0, 0.1) is 28.0 Å². The average Bonchev–Trinajstić information content (AvgIpc) is 3.70. The van der Waals surface area contributed by atoms with E-state index < -0.39 is 52.2 Å². The van der Waals surface area contributed by atoms with Gasteiger partial charge >= 0.3 is 0 Å². The van der Waals surface area contributed by atoms with Gasteiger partial charge in [0.15, 0.2) is 0 Å². The number of hydrogen-bond acceptors (Lipinski definition) is 10. The highest BCUT2D eigenvalue weighted by molar-refractivity contribution is 6.31. The molecular formula is C43H43ClFN7O7. The van der Waals surface area contributed by atoms with E-state index in [0.29, 0.717) is 61.3 Å². The molecule has 306 valence electrons. The molecule has 0 bridgehead atoms. The van der Waals surface area contributed by atoms with Gasteiger partial charge in [0, 0.05) is 74.2 Å². The molecule has 0 radical (unpaired) electrons. The summed E-state index contributed by atoms with van der Waals surface area (Å²) in [5.41, 5.74) is 1.97. The first-order valence-electron chi connectivity index (χ1n) is 19.6. The van der Waals surface area contributed by atoms with Crippen molar-refractivity contribution in [3.63, 3.8) is 0 Å². The van der Waals surface area contributed by atoms with Gasteiger partial charge in [0.1, 0.15) is 29.8 Å². The number of rotatable bonds is 8. The second-order valence-corrected chi connectivity index (χ2v) is 17.5. The van der Waals surface area contributed by atoms with E-state index in [9.17, 15) is 34.0 Å². The number of fused-ring (bicyclic) bond motifs is 2. The molecule has 59 heavy (non-hydrogen) atoms. The zero-order valence-corrected chi connectivity index (χ0v) is 33.8. The molecule has 16 heteroatoms. The third-order valence-corrected chi connectivity index (χ3v) is 12.8. The van der Waals surface area contributed by atoms with E-state index in [1.165, 1.54) is 6.07 Å². The summed E-state index contributed by atoms with van der Waals surface area (Å²) in [6.45, 7) is 10.4. The standard InChI is InChI=1S/C43H43ClFN7O7/c1-42(2)40(43(3,4)41(42)59-27-7-5-24(19-46)30(44)18-27)48-36(55)23-6-8-32(31(45)17-23)50-11-13-51(14-12-50)35(54)22-49-20-25-15-28-29(16-26(25)21-49)39(58)52(38(28)57)33-9-10-34(53)47-37(33)56/h5-8,15-18,33,40-41H,9-14,20-22H2,1-4H3,(H,48,55)(H,47,53,56)/t33?,40-,41-. The summed E-state index contributed by atoms with van der Waals surface area (Å²) in [7, 11) is 0. The van der Waals surface area contributed by atoms with Gasteiger partial charge in [-0.3, -0.25) is 43.9 Å². The highest BCUT2D eigenvalue weighted by atomic mass is 35.5. The van der Waals surface area contributed by atoms with Crippen LogP contribution in [0.3, 0.4) is 0 Å². The topological polar surface area (TPSA) is 172 Å². The number of halogens is 2. The predicted molar refractivity (Wildman–Crippen MR) is 212 cm³/mol. The van der Waals surface area contributed by atoms with Gasteiger partial charge in [-0.25, -0.2) is 4.39 Å². The summed E-state index contributed by atoms with van der Waals surface area (Å²) in [4.78, 5) is 83.9. The van der Waals surface area contributed by atoms with Gasteiger partial charge in [0.05, 0.1) is 33.9 Å². The number of nitrogens with zero attached hydrogens (tertiary/aromatic N) is 5. The summed E-state index contributed by atoms with van der Waals surface area (Å²) < 4.78 is 21.9. The Labute approximate surface area is 345 Å². The summed E-state index contributed by atoms with van der Waals surface area (Å²) in [5.74, 6) is -2.75. The minimum atomic E-state index is -1.04. The molecular weight excluding hydrogens is 781 g/mol. The Balaban J connectivity index is 0.832. The fourth-order valence-corrected chi connectivity index (χ4v) is 9.97. The molecule has 1 atom stereocenters. The number of nitriles is 1. The summed E-state index contributed by atoms with van der Waals surface area (Å²) in [6, 6.07) is 13.4. The van der Waals surface area contributed by atoms with Crippen LogP contribution in [-0.2, 0) is 27.5 Å². The predicted octanol–water partition coefficient (Wildman–Crippen LogP) is 4.03. The van der Waals surface area contributed by atoms with Crippen LogP contribution < -0.4 is 20.3 Å². The lowest BCUT2D eigenvalue weighted by molar-refractivity contribution is -0.164. The van der Waals surface area contributed by atoms with E-state index in [0.717, 1.165) is 16.0 Å². The monoisotopic (exact) mass is 823 g/mol. The number of ether oxygens (including phenoxy) is 1. The highest BCUT2D eigenvalue weighted by Crippen LogP contribution is 2.55. The summed E-state index contributed by atoms with van der Waals surface area (Å²) in [5, 5.41) is 14.8. The Bertz CT molecular complexity index is 2330. The van der Waals surface area contributed by atoms with Crippen molar-refractivity contribution < 1.29 is 37.9 Å². The molecule has 6 amide bonds. The molecule has 1 saturated carbocycles. The van der Waals surface area contributed by atoms with Crippen molar-refractivity contribution in [2.75, 3.05) is 37.6 Å². The molecule has 1 unspecified atom stereocenters. The molecule has 8 rings (SSSR count). The van der Waals surface area contributed by atoms with Gasteiger partial charge in [-0.2, -0.15) is 5.26 Å². The third kappa shape index (κ3) is 6.97. The van der Waals surface area contributed by atoms with Crippen LogP contribution >= 0.6 is 11.6 Å². The number of piperidine rings is 1. The largest absolute Gasteiger partial charge is 0.489 e. The molecule has 3 aromatic rings. The van der Waals surface area contributed by atoms with Crippen LogP contribution in [0.1, 0.15) is 88.3 Å². The van der Waals surface area contributed by atoms with Crippen LogP contribution in [0.15, 0.2) is 48.5 Å². The molecule has 0 spiro atoms. The Morgan fingerprint density at radius 3 is 2.15 bits per heavy atom. The normalized spacial score (nSPS) is 23.3. The second kappa shape index (κ2) is 14.8. The van der Waals surface area contributed by atoms with Crippen molar-refractivity contribution in [2.24, 2.45) is 10.8 Å². The van der Waals surface area contributed by atoms with E-state index >= 15 is 4.39 Å². The van der Waals surface area contributed by atoms with E-state index in [4.69, 9.17) is 16.3 Å². The first kappa shape index (κ1) is 40.0. The molecule has 2 saturated heterocycles.